The second-order valence-corrected chi connectivity index (χ2v) is 9.91. The summed E-state index contributed by atoms with van der Waals surface area (Å²) in [5.74, 6) is 0.546. The zero-order valence-electron chi connectivity index (χ0n) is 23.1. The van der Waals surface area contributed by atoms with Gasteiger partial charge in [0.25, 0.3) is 0 Å². The van der Waals surface area contributed by atoms with Crippen LogP contribution in [0.15, 0.2) is 36.4 Å². The number of halogens is 1. The number of esters is 1. The van der Waals surface area contributed by atoms with Gasteiger partial charge in [-0.3, -0.25) is 0 Å². The first-order chi connectivity index (χ1) is 19.2. The Balaban J connectivity index is 1.85. The number of aliphatic hydroxyl groups is 1. The highest BCUT2D eigenvalue weighted by Gasteiger charge is 2.47. The van der Waals surface area contributed by atoms with Crippen molar-refractivity contribution in [1.82, 2.24) is 0 Å². The van der Waals surface area contributed by atoms with E-state index in [9.17, 15) is 14.3 Å². The number of ether oxygens (including phenoxy) is 7. The number of methoxy groups -OCH3 is 4. The fraction of sp³-hybridized carbons (Fsp3) is 0.367. The summed E-state index contributed by atoms with van der Waals surface area (Å²) >= 11 is 0. The molecule has 1 aliphatic carbocycles. The van der Waals surface area contributed by atoms with Crippen LogP contribution in [0.3, 0.4) is 0 Å². The summed E-state index contributed by atoms with van der Waals surface area (Å²) in [5.41, 5.74) is 0.807. The fourth-order valence-corrected chi connectivity index (χ4v) is 5.39. The van der Waals surface area contributed by atoms with Crippen LogP contribution in [0.5, 0.6) is 34.5 Å². The molecule has 0 radical (unpaired) electrons. The molecule has 212 valence electrons. The van der Waals surface area contributed by atoms with E-state index in [1.165, 1.54) is 52.7 Å². The molecule has 0 saturated heterocycles. The first kappa shape index (κ1) is 27.4. The largest absolute Gasteiger partial charge is 0.493 e. The molecule has 40 heavy (non-hydrogen) atoms. The van der Waals surface area contributed by atoms with Crippen molar-refractivity contribution in [3.05, 3.63) is 58.9 Å². The van der Waals surface area contributed by atoms with Gasteiger partial charge in [-0.15, -0.1) is 0 Å². The molecule has 0 saturated carbocycles. The van der Waals surface area contributed by atoms with Crippen molar-refractivity contribution in [1.29, 1.82) is 0 Å². The summed E-state index contributed by atoms with van der Waals surface area (Å²) in [6.07, 6.45) is -0.858. The van der Waals surface area contributed by atoms with Crippen LogP contribution in [-0.2, 0) is 11.2 Å². The lowest BCUT2D eigenvalue weighted by molar-refractivity contribution is -0.107. The smallest absolute Gasteiger partial charge is 0.338 e. The Labute approximate surface area is 231 Å². The average molecular weight is 555 g/mol. The number of carbonyl (C=O) groups is 1. The third kappa shape index (κ3) is 4.32. The molecule has 9 nitrogen and oxygen atoms in total. The molecule has 1 N–H and O–H groups in total. The summed E-state index contributed by atoms with van der Waals surface area (Å²) in [6, 6.07) is 8.51. The van der Waals surface area contributed by atoms with E-state index in [-0.39, 0.29) is 18.1 Å². The molecule has 0 bridgehead atoms. The highest BCUT2D eigenvalue weighted by Crippen LogP contribution is 2.59. The summed E-state index contributed by atoms with van der Waals surface area (Å²) < 4.78 is 54.2. The SMILES string of the molecule is COc1cc2c(c(OC)c1OC)-c1c(cc3c(c1OC)OCO3)C[C@H](C)[C@](C)(O)[C@H]2OC(=O)c1ccc(F)cc1. The topological polar surface area (TPSA) is 102 Å². The highest BCUT2D eigenvalue weighted by atomic mass is 19.1. The minimum Gasteiger partial charge on any atom is -0.493 e. The van der Waals surface area contributed by atoms with Gasteiger partial charge >= 0.3 is 5.97 Å². The van der Waals surface area contributed by atoms with Gasteiger partial charge in [-0.25, -0.2) is 9.18 Å². The zero-order valence-corrected chi connectivity index (χ0v) is 23.1. The normalized spacial score (nSPS) is 20.9. The van der Waals surface area contributed by atoms with E-state index in [1.54, 1.807) is 13.0 Å². The monoisotopic (exact) mass is 554 g/mol. The molecule has 3 aromatic rings. The first-order valence-electron chi connectivity index (χ1n) is 12.7. The maximum atomic E-state index is 13.6. The number of carbonyl (C=O) groups excluding carboxylic acids is 1. The molecule has 2 aliphatic rings. The van der Waals surface area contributed by atoms with E-state index in [2.05, 4.69) is 0 Å². The van der Waals surface area contributed by atoms with Crippen molar-refractivity contribution in [2.24, 2.45) is 5.92 Å². The summed E-state index contributed by atoms with van der Waals surface area (Å²) in [5, 5.41) is 12.1. The molecule has 5 rings (SSSR count). The predicted octanol–water partition coefficient (Wildman–Crippen LogP) is 5.10. The maximum Gasteiger partial charge on any atom is 0.338 e. The van der Waals surface area contributed by atoms with Crippen LogP contribution in [0.25, 0.3) is 11.1 Å². The maximum absolute atomic E-state index is 13.6. The van der Waals surface area contributed by atoms with Gasteiger partial charge in [0.15, 0.2) is 29.1 Å². The van der Waals surface area contributed by atoms with Gasteiger partial charge in [0.2, 0.25) is 18.3 Å². The van der Waals surface area contributed by atoms with Crippen LogP contribution >= 0.6 is 0 Å². The molecular weight excluding hydrogens is 523 g/mol. The molecule has 1 aliphatic heterocycles. The Hall–Kier alpha value is -4.18. The van der Waals surface area contributed by atoms with Gasteiger partial charge in [0.05, 0.1) is 34.0 Å². The lowest BCUT2D eigenvalue weighted by atomic mass is 9.73. The molecule has 0 spiro atoms. The van der Waals surface area contributed by atoms with Gasteiger partial charge < -0.3 is 38.3 Å². The number of benzene rings is 3. The van der Waals surface area contributed by atoms with E-state index in [0.29, 0.717) is 51.9 Å². The Morgan fingerprint density at radius 3 is 2.25 bits per heavy atom. The molecular formula is C30H31FO9. The summed E-state index contributed by atoms with van der Waals surface area (Å²) in [4.78, 5) is 13.4. The Kier molecular flexibility index (Phi) is 7.14. The van der Waals surface area contributed by atoms with E-state index in [4.69, 9.17) is 33.2 Å². The van der Waals surface area contributed by atoms with Crippen molar-refractivity contribution in [3.63, 3.8) is 0 Å². The van der Waals surface area contributed by atoms with Crippen molar-refractivity contribution < 1.29 is 47.4 Å². The van der Waals surface area contributed by atoms with Crippen LogP contribution < -0.4 is 28.4 Å². The van der Waals surface area contributed by atoms with Crippen LogP contribution in [-0.4, -0.2) is 51.9 Å². The second kappa shape index (κ2) is 10.4. The number of rotatable bonds is 6. The standard InChI is InChI=1S/C30H31FO9/c1-15-11-17-12-21-25(39-14-38-21)26(36-5)22(17)23-19(13-20(34-3)24(35-4)27(23)37-6)28(30(15,2)33)40-29(32)16-7-9-18(31)10-8-16/h7-10,12-13,15,28,33H,11,14H2,1-6H3/t15-,28-,30-/m0/s1. The lowest BCUT2D eigenvalue weighted by Gasteiger charge is -2.41. The van der Waals surface area contributed by atoms with Crippen LogP contribution in [0.1, 0.15) is 41.4 Å². The van der Waals surface area contributed by atoms with Crippen molar-refractivity contribution in [3.8, 4) is 45.6 Å². The third-order valence-corrected chi connectivity index (χ3v) is 7.66. The quantitative estimate of drug-likeness (QED) is 0.417. The minimum absolute atomic E-state index is 0.0235. The highest BCUT2D eigenvalue weighted by molar-refractivity contribution is 5.91. The molecule has 0 aromatic heterocycles. The molecule has 3 atom stereocenters. The van der Waals surface area contributed by atoms with Gasteiger partial charge in [0.1, 0.15) is 11.4 Å². The van der Waals surface area contributed by atoms with Gasteiger partial charge in [-0.2, -0.15) is 0 Å². The molecule has 0 amide bonds. The van der Waals surface area contributed by atoms with Gasteiger partial charge in [-0.05, 0) is 61.2 Å². The Bertz CT molecular complexity index is 1450. The number of fused-ring (bicyclic) bond motifs is 4. The van der Waals surface area contributed by atoms with Gasteiger partial charge in [0, 0.05) is 16.7 Å². The number of hydrogen-bond acceptors (Lipinski definition) is 9. The first-order valence-corrected chi connectivity index (χ1v) is 12.7. The molecule has 0 fully saturated rings. The van der Waals surface area contributed by atoms with Crippen molar-refractivity contribution in [2.75, 3.05) is 35.2 Å². The van der Waals surface area contributed by atoms with Crippen LogP contribution in [0.2, 0.25) is 0 Å². The van der Waals surface area contributed by atoms with E-state index < -0.39 is 29.4 Å². The van der Waals surface area contributed by atoms with Crippen molar-refractivity contribution >= 4 is 5.97 Å². The second-order valence-electron chi connectivity index (χ2n) is 9.91. The van der Waals surface area contributed by atoms with Crippen LogP contribution in [0, 0.1) is 11.7 Å². The fourth-order valence-electron chi connectivity index (χ4n) is 5.39. The average Bonchev–Trinajstić information content (AvgIpc) is 3.42. The summed E-state index contributed by atoms with van der Waals surface area (Å²) in [6.45, 7) is 3.50. The van der Waals surface area contributed by atoms with Crippen molar-refractivity contribution in [2.45, 2.75) is 32.0 Å². The Morgan fingerprint density at radius 2 is 1.62 bits per heavy atom. The predicted molar refractivity (Wildman–Crippen MR) is 142 cm³/mol. The zero-order chi connectivity index (χ0) is 28.8. The Morgan fingerprint density at radius 1 is 0.950 bits per heavy atom. The van der Waals surface area contributed by atoms with E-state index in [0.717, 1.165) is 5.56 Å². The molecule has 0 unspecified atom stereocenters. The van der Waals surface area contributed by atoms with Gasteiger partial charge in [-0.1, -0.05) is 6.92 Å². The molecule has 3 aromatic carbocycles. The molecule has 1 heterocycles. The number of hydrogen-bond donors (Lipinski definition) is 1. The van der Waals surface area contributed by atoms with E-state index in [1.807, 2.05) is 13.0 Å². The van der Waals surface area contributed by atoms with Crippen LogP contribution in [0.4, 0.5) is 4.39 Å². The lowest BCUT2D eigenvalue weighted by Crippen LogP contribution is -2.43. The summed E-state index contributed by atoms with van der Waals surface area (Å²) in [7, 11) is 5.96. The molecule has 10 heteroatoms. The third-order valence-electron chi connectivity index (χ3n) is 7.66. The van der Waals surface area contributed by atoms with E-state index >= 15 is 0 Å². The minimum atomic E-state index is -1.59.